The summed E-state index contributed by atoms with van der Waals surface area (Å²) in [4.78, 5) is 30.2. The highest BCUT2D eigenvalue weighted by Crippen LogP contribution is 2.20. The summed E-state index contributed by atoms with van der Waals surface area (Å²) in [6.07, 6.45) is 1.44. The second-order valence-electron chi connectivity index (χ2n) is 7.09. The molecule has 0 saturated carbocycles. The zero-order valence-corrected chi connectivity index (χ0v) is 15.9. The number of rotatable bonds is 5. The van der Waals surface area contributed by atoms with Crippen molar-refractivity contribution in [3.05, 3.63) is 59.9 Å². The minimum absolute atomic E-state index is 0.182. The van der Waals surface area contributed by atoms with Crippen molar-refractivity contribution >= 4 is 23.0 Å². The van der Waals surface area contributed by atoms with Gasteiger partial charge in [0.25, 0.3) is 5.91 Å². The Kier molecular flexibility index (Phi) is 4.73. The van der Waals surface area contributed by atoms with E-state index in [0.717, 1.165) is 16.7 Å². The number of hydrogen-bond donors (Lipinski definition) is 1. The van der Waals surface area contributed by atoms with E-state index < -0.39 is 0 Å². The number of carbonyl (C=O) groups excluding carboxylic acids is 2. The molecule has 144 valence electrons. The summed E-state index contributed by atoms with van der Waals surface area (Å²) >= 11 is 0. The lowest BCUT2D eigenvalue weighted by molar-refractivity contribution is 0.0931. The van der Waals surface area contributed by atoms with Gasteiger partial charge in [-0.1, -0.05) is 12.1 Å². The van der Waals surface area contributed by atoms with Crippen LogP contribution in [0.2, 0.25) is 0 Å². The van der Waals surface area contributed by atoms with Gasteiger partial charge < -0.3 is 15.0 Å². The minimum atomic E-state index is -0.329. The lowest BCUT2D eigenvalue weighted by atomic mass is 10.1. The topological polar surface area (TPSA) is 76.5 Å². The van der Waals surface area contributed by atoms with Crippen LogP contribution >= 0.6 is 0 Å². The van der Waals surface area contributed by atoms with Gasteiger partial charge in [-0.15, -0.1) is 0 Å². The zero-order valence-electron chi connectivity index (χ0n) is 15.9. The van der Waals surface area contributed by atoms with Gasteiger partial charge in [0.1, 0.15) is 12.9 Å². The molecule has 2 heterocycles. The van der Waals surface area contributed by atoms with Crippen molar-refractivity contribution < 1.29 is 14.3 Å². The fourth-order valence-corrected chi connectivity index (χ4v) is 3.41. The van der Waals surface area contributed by atoms with E-state index in [0.29, 0.717) is 25.3 Å². The average molecular weight is 378 g/mol. The molecule has 1 unspecified atom stereocenters. The number of nitrogens with one attached hydrogen (secondary N) is 1. The largest absolute Gasteiger partial charge is 0.448 e. The van der Waals surface area contributed by atoms with Gasteiger partial charge in [0.05, 0.1) is 17.6 Å². The molecular weight excluding hydrogens is 356 g/mol. The Balaban J connectivity index is 1.50. The number of ether oxygens (including phenoxy) is 1. The molecule has 1 N–H and O–H groups in total. The third-order valence-electron chi connectivity index (χ3n) is 4.81. The highest BCUT2D eigenvalue weighted by atomic mass is 16.6. The number of cyclic esters (lactones) is 1. The van der Waals surface area contributed by atoms with Crippen LogP contribution in [0.3, 0.4) is 0 Å². The molecule has 0 aliphatic carbocycles. The number of fused-ring (bicyclic) bond motifs is 1. The summed E-state index contributed by atoms with van der Waals surface area (Å²) in [5, 5.41) is 2.93. The van der Waals surface area contributed by atoms with Gasteiger partial charge in [0.15, 0.2) is 0 Å². The Morgan fingerprint density at radius 3 is 2.89 bits per heavy atom. The second-order valence-corrected chi connectivity index (χ2v) is 7.09. The van der Waals surface area contributed by atoms with Crippen molar-refractivity contribution in [2.45, 2.75) is 19.9 Å². The summed E-state index contributed by atoms with van der Waals surface area (Å²) in [6.45, 7) is 5.30. The van der Waals surface area contributed by atoms with E-state index in [-0.39, 0.29) is 18.0 Å². The van der Waals surface area contributed by atoms with Crippen LogP contribution in [0.15, 0.2) is 48.8 Å². The molecule has 1 saturated heterocycles. The van der Waals surface area contributed by atoms with Crippen LogP contribution in [0.1, 0.15) is 22.8 Å². The molecule has 2 amide bonds. The first kappa shape index (κ1) is 18.0. The number of imidazole rings is 1. The molecule has 7 heteroatoms. The van der Waals surface area contributed by atoms with Gasteiger partial charge in [-0.05, 0) is 49.7 Å². The average Bonchev–Trinajstić information content (AvgIpc) is 3.27. The first-order valence-corrected chi connectivity index (χ1v) is 9.28. The number of aryl methyl sites for hydroxylation is 1. The van der Waals surface area contributed by atoms with Gasteiger partial charge in [0.2, 0.25) is 0 Å². The highest BCUT2D eigenvalue weighted by molar-refractivity contribution is 5.97. The van der Waals surface area contributed by atoms with Crippen LogP contribution in [0.5, 0.6) is 0 Å². The molecule has 7 nitrogen and oxygen atoms in total. The summed E-state index contributed by atoms with van der Waals surface area (Å²) in [7, 11) is 0. The third kappa shape index (κ3) is 3.55. The van der Waals surface area contributed by atoms with Crippen LogP contribution in [0, 0.1) is 6.92 Å². The third-order valence-corrected chi connectivity index (χ3v) is 4.81. The van der Waals surface area contributed by atoms with E-state index in [9.17, 15) is 9.59 Å². The van der Waals surface area contributed by atoms with E-state index >= 15 is 0 Å². The number of benzene rings is 2. The molecule has 28 heavy (non-hydrogen) atoms. The van der Waals surface area contributed by atoms with Crippen molar-refractivity contribution in [2.24, 2.45) is 0 Å². The molecule has 1 aliphatic heterocycles. The first-order chi connectivity index (χ1) is 13.5. The number of carbonyl (C=O) groups is 2. The van der Waals surface area contributed by atoms with Gasteiger partial charge in [0, 0.05) is 23.8 Å². The number of hydrogen-bond acceptors (Lipinski definition) is 4. The summed E-state index contributed by atoms with van der Waals surface area (Å²) in [5.74, 6) is -0.188. The van der Waals surface area contributed by atoms with Crippen molar-refractivity contribution in [1.82, 2.24) is 19.8 Å². The van der Waals surface area contributed by atoms with Gasteiger partial charge >= 0.3 is 6.09 Å². The number of amides is 2. The van der Waals surface area contributed by atoms with E-state index in [4.69, 9.17) is 4.74 Å². The SMILES string of the molecule is Cc1cccc(-n2cnc3cc(C(=O)NC(C)CN4CCOC4=O)ccc32)c1. The van der Waals surface area contributed by atoms with Gasteiger partial charge in [-0.3, -0.25) is 9.36 Å². The maximum absolute atomic E-state index is 12.6. The molecular formula is C21H22N4O3. The predicted octanol–water partition coefficient (Wildman–Crippen LogP) is 2.90. The molecule has 0 bridgehead atoms. The monoisotopic (exact) mass is 378 g/mol. The Morgan fingerprint density at radius 1 is 1.29 bits per heavy atom. The van der Waals surface area contributed by atoms with E-state index in [1.54, 1.807) is 23.4 Å². The second kappa shape index (κ2) is 7.34. The van der Waals surface area contributed by atoms with Crippen molar-refractivity contribution in [3.8, 4) is 5.69 Å². The van der Waals surface area contributed by atoms with E-state index in [1.165, 1.54) is 5.56 Å². The quantitative estimate of drug-likeness (QED) is 0.741. The molecule has 1 aliphatic rings. The fraction of sp³-hybridized carbons (Fsp3) is 0.286. The smallest absolute Gasteiger partial charge is 0.410 e. The molecule has 0 spiro atoms. The number of aromatic nitrogens is 2. The van der Waals surface area contributed by atoms with E-state index in [1.807, 2.05) is 42.7 Å². The van der Waals surface area contributed by atoms with Gasteiger partial charge in [-0.2, -0.15) is 0 Å². The minimum Gasteiger partial charge on any atom is -0.448 e. The Bertz CT molecular complexity index is 1040. The lowest BCUT2D eigenvalue weighted by Gasteiger charge is -2.19. The maximum Gasteiger partial charge on any atom is 0.410 e. The van der Waals surface area contributed by atoms with Crippen LogP contribution in [-0.4, -0.2) is 52.2 Å². The Labute approximate surface area is 162 Å². The first-order valence-electron chi connectivity index (χ1n) is 9.28. The summed E-state index contributed by atoms with van der Waals surface area (Å²) in [6, 6.07) is 13.5. The van der Waals surface area contributed by atoms with E-state index in [2.05, 4.69) is 16.4 Å². The van der Waals surface area contributed by atoms with Crippen LogP contribution in [0.25, 0.3) is 16.7 Å². The van der Waals surface area contributed by atoms with Gasteiger partial charge in [-0.25, -0.2) is 9.78 Å². The van der Waals surface area contributed by atoms with Crippen molar-refractivity contribution in [2.75, 3.05) is 19.7 Å². The normalized spacial score (nSPS) is 14.9. The molecule has 0 radical (unpaired) electrons. The molecule has 1 atom stereocenters. The standard InChI is InChI=1S/C21H22N4O3/c1-14-4-3-5-17(10-14)25-13-22-18-11-16(6-7-19(18)25)20(26)23-15(2)12-24-8-9-28-21(24)27/h3-7,10-11,13,15H,8-9,12H2,1-2H3,(H,23,26). The molecule has 1 fully saturated rings. The van der Waals surface area contributed by atoms with Crippen LogP contribution in [-0.2, 0) is 4.74 Å². The maximum atomic E-state index is 12.6. The highest BCUT2D eigenvalue weighted by Gasteiger charge is 2.24. The zero-order chi connectivity index (χ0) is 19.7. The molecule has 1 aromatic heterocycles. The van der Waals surface area contributed by atoms with Crippen molar-refractivity contribution in [1.29, 1.82) is 0 Å². The Hall–Kier alpha value is -3.35. The molecule has 2 aromatic carbocycles. The number of nitrogens with zero attached hydrogens (tertiary/aromatic N) is 3. The van der Waals surface area contributed by atoms with Crippen molar-refractivity contribution in [3.63, 3.8) is 0 Å². The molecule has 3 aromatic rings. The summed E-state index contributed by atoms with van der Waals surface area (Å²) < 4.78 is 6.92. The van der Waals surface area contributed by atoms with Crippen LogP contribution in [0.4, 0.5) is 4.79 Å². The molecule has 4 rings (SSSR count). The Morgan fingerprint density at radius 2 is 2.14 bits per heavy atom. The van der Waals surface area contributed by atoms with Crippen LogP contribution < -0.4 is 5.32 Å². The predicted molar refractivity (Wildman–Crippen MR) is 106 cm³/mol. The fourth-order valence-electron chi connectivity index (χ4n) is 3.41. The lowest BCUT2D eigenvalue weighted by Crippen LogP contribution is -2.42. The summed E-state index contributed by atoms with van der Waals surface area (Å²) in [5.41, 5.74) is 4.44.